The first kappa shape index (κ1) is 16.4. The average Bonchev–Trinajstić information content (AvgIpc) is 2.60. The summed E-state index contributed by atoms with van der Waals surface area (Å²) < 4.78 is 32.9. The summed E-state index contributed by atoms with van der Waals surface area (Å²) in [6.45, 7) is 2.38. The number of pyridine rings is 1. The van der Waals surface area contributed by atoms with E-state index in [1.54, 1.807) is 30.6 Å². The zero-order valence-electron chi connectivity index (χ0n) is 13.1. The molecule has 1 aromatic carbocycles. The van der Waals surface area contributed by atoms with E-state index in [9.17, 15) is 13.2 Å². The molecule has 0 unspecified atom stereocenters. The van der Waals surface area contributed by atoms with Crippen molar-refractivity contribution in [2.24, 2.45) is 0 Å². The minimum Gasteiger partial charge on any atom is -0.482 e. The van der Waals surface area contributed by atoms with Crippen LogP contribution in [-0.4, -0.2) is 32.5 Å². The number of hydrogen-bond acceptors (Lipinski definition) is 5. The molecular weight excluding hydrogens is 330 g/mol. The van der Waals surface area contributed by atoms with Gasteiger partial charge in [0.1, 0.15) is 5.75 Å². The SMILES string of the molecule is CCN1C(=O)COc2ccc(S(=O)(=O)NCc3cccnc3)cc21. The van der Waals surface area contributed by atoms with Crippen molar-refractivity contribution in [3.8, 4) is 5.75 Å². The standard InChI is InChI=1S/C16H17N3O4S/c1-2-19-14-8-13(5-6-15(14)23-11-16(19)20)24(21,22)18-10-12-4-3-7-17-9-12/h3-9,18H,2,10-11H2,1H3. The van der Waals surface area contributed by atoms with Gasteiger partial charge in [-0.2, -0.15) is 0 Å². The number of nitrogens with zero attached hydrogens (tertiary/aromatic N) is 2. The first-order valence-corrected chi connectivity index (χ1v) is 8.95. The number of amides is 1. The van der Waals surface area contributed by atoms with E-state index >= 15 is 0 Å². The first-order chi connectivity index (χ1) is 11.5. The van der Waals surface area contributed by atoms with Gasteiger partial charge in [0.2, 0.25) is 10.0 Å². The zero-order valence-corrected chi connectivity index (χ0v) is 13.9. The maximum absolute atomic E-state index is 12.5. The summed E-state index contributed by atoms with van der Waals surface area (Å²) in [5.74, 6) is 0.311. The molecule has 0 saturated heterocycles. The molecule has 2 aromatic rings. The largest absolute Gasteiger partial charge is 0.482 e. The average molecular weight is 347 g/mol. The summed E-state index contributed by atoms with van der Waals surface area (Å²) >= 11 is 0. The summed E-state index contributed by atoms with van der Waals surface area (Å²) in [5.41, 5.74) is 1.23. The van der Waals surface area contributed by atoms with E-state index < -0.39 is 10.0 Å². The normalized spacial score (nSPS) is 14.2. The molecule has 2 heterocycles. The van der Waals surface area contributed by atoms with Crippen LogP contribution in [0.1, 0.15) is 12.5 Å². The molecule has 126 valence electrons. The van der Waals surface area contributed by atoms with Crippen LogP contribution in [0.2, 0.25) is 0 Å². The van der Waals surface area contributed by atoms with Crippen LogP contribution in [0.3, 0.4) is 0 Å². The Morgan fingerprint density at radius 3 is 2.88 bits per heavy atom. The Labute approximate surface area is 140 Å². The highest BCUT2D eigenvalue weighted by atomic mass is 32.2. The van der Waals surface area contributed by atoms with E-state index in [1.807, 2.05) is 6.92 Å². The van der Waals surface area contributed by atoms with Gasteiger partial charge in [-0.3, -0.25) is 9.78 Å². The third kappa shape index (κ3) is 3.24. The molecule has 24 heavy (non-hydrogen) atoms. The van der Waals surface area contributed by atoms with E-state index in [1.165, 1.54) is 17.0 Å². The second kappa shape index (κ2) is 6.58. The number of aromatic nitrogens is 1. The van der Waals surface area contributed by atoms with Crippen molar-refractivity contribution in [3.63, 3.8) is 0 Å². The highest BCUT2D eigenvalue weighted by molar-refractivity contribution is 7.89. The molecule has 3 rings (SSSR count). The van der Waals surface area contributed by atoms with Crippen LogP contribution < -0.4 is 14.4 Å². The second-order valence-corrected chi connectivity index (χ2v) is 7.01. The first-order valence-electron chi connectivity index (χ1n) is 7.47. The maximum Gasteiger partial charge on any atom is 0.265 e. The zero-order chi connectivity index (χ0) is 17.2. The van der Waals surface area contributed by atoms with Crippen molar-refractivity contribution in [1.82, 2.24) is 9.71 Å². The Balaban J connectivity index is 1.86. The van der Waals surface area contributed by atoms with E-state index in [4.69, 9.17) is 4.74 Å². The van der Waals surface area contributed by atoms with Gasteiger partial charge in [0.25, 0.3) is 5.91 Å². The second-order valence-electron chi connectivity index (χ2n) is 5.24. The maximum atomic E-state index is 12.5. The number of likely N-dealkylation sites (N-methyl/N-ethyl adjacent to an activating group) is 1. The van der Waals surface area contributed by atoms with Gasteiger partial charge in [-0.15, -0.1) is 0 Å². The number of rotatable bonds is 5. The third-order valence-electron chi connectivity index (χ3n) is 3.69. The number of anilines is 1. The Morgan fingerprint density at radius 1 is 1.33 bits per heavy atom. The Bertz CT molecular complexity index is 853. The highest BCUT2D eigenvalue weighted by Crippen LogP contribution is 2.34. The van der Waals surface area contributed by atoms with Crippen molar-refractivity contribution in [2.45, 2.75) is 18.4 Å². The molecule has 1 aliphatic heterocycles. The molecule has 0 aliphatic carbocycles. The monoisotopic (exact) mass is 347 g/mol. The molecule has 0 radical (unpaired) electrons. The molecule has 1 aromatic heterocycles. The predicted molar refractivity (Wildman–Crippen MR) is 88.2 cm³/mol. The van der Waals surface area contributed by atoms with Gasteiger partial charge >= 0.3 is 0 Å². The van der Waals surface area contributed by atoms with Crippen LogP contribution in [0.4, 0.5) is 5.69 Å². The summed E-state index contributed by atoms with van der Waals surface area (Å²) in [5, 5.41) is 0. The topological polar surface area (TPSA) is 88.6 Å². The number of ether oxygens (including phenoxy) is 1. The molecule has 0 bridgehead atoms. The molecule has 1 amide bonds. The van der Waals surface area contributed by atoms with E-state index in [0.29, 0.717) is 18.0 Å². The molecular formula is C16H17N3O4S. The van der Waals surface area contributed by atoms with Gasteiger partial charge < -0.3 is 9.64 Å². The quantitative estimate of drug-likeness (QED) is 0.881. The van der Waals surface area contributed by atoms with E-state index in [-0.39, 0.29) is 24.0 Å². The number of benzene rings is 1. The molecule has 1 aliphatic rings. The molecule has 0 saturated carbocycles. The van der Waals surface area contributed by atoms with Gasteiger partial charge in [-0.25, -0.2) is 13.1 Å². The van der Waals surface area contributed by atoms with Crippen LogP contribution in [-0.2, 0) is 21.4 Å². The Hall–Kier alpha value is -2.45. The number of hydrogen-bond donors (Lipinski definition) is 1. The molecule has 1 N–H and O–H groups in total. The van der Waals surface area contributed by atoms with Crippen LogP contribution in [0.5, 0.6) is 5.75 Å². The third-order valence-corrected chi connectivity index (χ3v) is 5.09. The van der Waals surface area contributed by atoms with E-state index in [0.717, 1.165) is 5.56 Å². The summed E-state index contributed by atoms with van der Waals surface area (Å²) in [4.78, 5) is 17.4. The number of fused-ring (bicyclic) bond motifs is 1. The lowest BCUT2D eigenvalue weighted by molar-refractivity contribution is -0.121. The molecule has 0 fully saturated rings. The van der Waals surface area contributed by atoms with E-state index in [2.05, 4.69) is 9.71 Å². The molecule has 0 atom stereocenters. The summed E-state index contributed by atoms with van der Waals surface area (Å²) in [6.07, 6.45) is 3.22. The van der Waals surface area contributed by atoms with Crippen molar-refractivity contribution < 1.29 is 17.9 Å². The minimum absolute atomic E-state index is 0.0355. The number of sulfonamides is 1. The van der Waals surface area contributed by atoms with Crippen molar-refractivity contribution >= 4 is 21.6 Å². The van der Waals surface area contributed by atoms with Gasteiger partial charge in [0, 0.05) is 25.5 Å². The van der Waals surface area contributed by atoms with Crippen LogP contribution in [0.15, 0.2) is 47.6 Å². The Kier molecular flexibility index (Phi) is 4.50. The fourth-order valence-electron chi connectivity index (χ4n) is 2.46. The van der Waals surface area contributed by atoms with Gasteiger partial charge in [0.15, 0.2) is 6.61 Å². The number of nitrogens with one attached hydrogen (secondary N) is 1. The Morgan fingerprint density at radius 2 is 2.17 bits per heavy atom. The lowest BCUT2D eigenvalue weighted by Crippen LogP contribution is -2.38. The van der Waals surface area contributed by atoms with Crippen molar-refractivity contribution in [3.05, 3.63) is 48.3 Å². The highest BCUT2D eigenvalue weighted by Gasteiger charge is 2.26. The lowest BCUT2D eigenvalue weighted by atomic mass is 10.2. The van der Waals surface area contributed by atoms with Gasteiger partial charge in [-0.1, -0.05) is 6.07 Å². The number of carbonyl (C=O) groups is 1. The minimum atomic E-state index is -3.71. The summed E-state index contributed by atoms with van der Waals surface area (Å²) in [6, 6.07) is 8.02. The molecule has 7 nitrogen and oxygen atoms in total. The van der Waals surface area contributed by atoms with Gasteiger partial charge in [-0.05, 0) is 36.8 Å². The molecule has 8 heteroatoms. The fraction of sp³-hybridized carbons (Fsp3) is 0.250. The van der Waals surface area contributed by atoms with Gasteiger partial charge in [0.05, 0.1) is 10.6 Å². The lowest BCUT2D eigenvalue weighted by Gasteiger charge is -2.28. The molecule has 0 spiro atoms. The van der Waals surface area contributed by atoms with Crippen LogP contribution in [0.25, 0.3) is 0 Å². The fourth-order valence-corrected chi connectivity index (χ4v) is 3.50. The van der Waals surface area contributed by atoms with Crippen LogP contribution in [0, 0.1) is 0 Å². The smallest absolute Gasteiger partial charge is 0.265 e. The number of carbonyl (C=O) groups excluding carboxylic acids is 1. The van der Waals surface area contributed by atoms with Crippen molar-refractivity contribution in [1.29, 1.82) is 0 Å². The van der Waals surface area contributed by atoms with Crippen LogP contribution >= 0.6 is 0 Å². The van der Waals surface area contributed by atoms with Crippen molar-refractivity contribution in [2.75, 3.05) is 18.1 Å². The predicted octanol–water partition coefficient (Wildman–Crippen LogP) is 1.31. The summed E-state index contributed by atoms with van der Waals surface area (Å²) in [7, 11) is -3.71.